The van der Waals surface area contributed by atoms with Gasteiger partial charge in [0.25, 0.3) is 0 Å². The van der Waals surface area contributed by atoms with Gasteiger partial charge in [-0.2, -0.15) is 0 Å². The molecular formula is H2Al2O4. The molecule has 0 aliphatic heterocycles. The van der Waals surface area contributed by atoms with Crippen LogP contribution in [0.5, 0.6) is 0 Å². The number of hydrogen-bond donors (Lipinski definition) is 0. The van der Waals surface area contributed by atoms with Crippen LogP contribution in [0.1, 0.15) is 0 Å². The summed E-state index contributed by atoms with van der Waals surface area (Å²) >= 11 is 0. The van der Waals surface area contributed by atoms with E-state index in [1.807, 2.05) is 0 Å². The smallest absolute Gasteiger partial charge is 2.00 e. The van der Waals surface area contributed by atoms with Crippen molar-refractivity contribution in [3.05, 3.63) is 0 Å². The molecular weight excluding hydrogens is 118 g/mol. The Kier molecular flexibility index (Phi) is 8500. The van der Waals surface area contributed by atoms with Gasteiger partial charge in [-0.15, -0.1) is 0 Å². The Balaban J connectivity index is 0. The maximum Gasteiger partial charge on any atom is 3.00 e. The van der Waals surface area contributed by atoms with Crippen LogP contribution in [0.3, 0.4) is 0 Å². The van der Waals surface area contributed by atoms with E-state index in [2.05, 4.69) is 0 Å². The summed E-state index contributed by atoms with van der Waals surface area (Å²) in [5.41, 5.74) is 0. The van der Waals surface area contributed by atoms with Crippen molar-refractivity contribution >= 4 is 34.7 Å². The average Bonchev–Trinajstić information content (AvgIpc) is 0. The third kappa shape index (κ3) is 91.3. The molecule has 0 amide bonds. The third-order valence-electron chi connectivity index (χ3n) is 0. The van der Waals surface area contributed by atoms with Crippen molar-refractivity contribution in [3.8, 4) is 0 Å². The Labute approximate surface area is 57.0 Å². The molecule has 0 radical (unpaired) electrons. The van der Waals surface area contributed by atoms with Gasteiger partial charge in [-0.25, -0.2) is 0 Å². The van der Waals surface area contributed by atoms with Crippen molar-refractivity contribution in [2.45, 2.75) is 0 Å². The van der Waals surface area contributed by atoms with E-state index in [9.17, 15) is 0 Å². The maximum atomic E-state index is 0. The summed E-state index contributed by atoms with van der Waals surface area (Å²) in [5, 5.41) is 0. The Morgan fingerprint density at radius 1 is 0.500 bits per heavy atom. The largest absolute Gasteiger partial charge is 3.00 e. The predicted molar refractivity (Wildman–Crippen MR) is 17.2 cm³/mol. The van der Waals surface area contributed by atoms with Crippen molar-refractivity contribution in [1.82, 2.24) is 0 Å². The standard InChI is InChI=1S/2Al.H2O.3O/h;;1H2;;;/q2*+3;;3*-2. The molecule has 0 aliphatic carbocycles. The molecule has 4 nitrogen and oxygen atoms in total. The van der Waals surface area contributed by atoms with Crippen molar-refractivity contribution in [3.63, 3.8) is 0 Å². The summed E-state index contributed by atoms with van der Waals surface area (Å²) < 4.78 is 0. The monoisotopic (exact) mass is 120 g/mol. The molecule has 0 aromatic heterocycles. The molecule has 0 aliphatic rings. The van der Waals surface area contributed by atoms with Crippen LogP contribution in [0.25, 0.3) is 0 Å². The molecule has 0 rings (SSSR count). The van der Waals surface area contributed by atoms with Gasteiger partial charge >= 0.3 is 34.7 Å². The minimum atomic E-state index is 0. The Bertz CT molecular complexity index is 5.51. The first-order chi connectivity index (χ1) is 0. The number of rotatable bonds is 0. The Morgan fingerprint density at radius 2 is 0.500 bits per heavy atom. The third-order valence-corrected chi connectivity index (χ3v) is 0. The normalized spacial score (nSPS) is 0. The zero-order valence-corrected chi connectivity index (χ0v) is 5.19. The zero-order valence-electron chi connectivity index (χ0n) is 2.88. The molecule has 0 aromatic carbocycles. The minimum Gasteiger partial charge on any atom is -2.00 e. The molecule has 0 spiro atoms. The minimum absolute atomic E-state index is 0. The van der Waals surface area contributed by atoms with Gasteiger partial charge < -0.3 is 21.9 Å². The molecule has 0 aromatic rings. The second kappa shape index (κ2) is 173. The second-order valence-corrected chi connectivity index (χ2v) is 0. The van der Waals surface area contributed by atoms with Crippen LogP contribution in [0, 0.1) is 0 Å². The first-order valence-electron chi connectivity index (χ1n) is 0. The van der Waals surface area contributed by atoms with Crippen molar-refractivity contribution in [1.29, 1.82) is 0 Å². The van der Waals surface area contributed by atoms with Crippen molar-refractivity contribution < 1.29 is 21.9 Å². The van der Waals surface area contributed by atoms with E-state index in [0.717, 1.165) is 0 Å². The summed E-state index contributed by atoms with van der Waals surface area (Å²) in [6.45, 7) is 0. The summed E-state index contributed by atoms with van der Waals surface area (Å²) in [7, 11) is 0. The molecule has 0 saturated carbocycles. The topological polar surface area (TPSA) is 117 Å². The van der Waals surface area contributed by atoms with Crippen molar-refractivity contribution in [2.75, 3.05) is 0 Å². The summed E-state index contributed by atoms with van der Waals surface area (Å²) in [4.78, 5) is 0. The van der Waals surface area contributed by atoms with Crippen LogP contribution in [0.4, 0.5) is 0 Å². The SMILES string of the molecule is O.[Al+3].[Al+3].[O-2].[O-2].[O-2]. The van der Waals surface area contributed by atoms with Gasteiger partial charge in [0, 0.05) is 0 Å². The Hall–Kier alpha value is 0.905. The molecule has 0 unspecified atom stereocenters. The van der Waals surface area contributed by atoms with Gasteiger partial charge in [0.1, 0.15) is 0 Å². The van der Waals surface area contributed by atoms with Crippen LogP contribution in [0.2, 0.25) is 0 Å². The van der Waals surface area contributed by atoms with E-state index >= 15 is 0 Å². The van der Waals surface area contributed by atoms with Gasteiger partial charge in [0.05, 0.1) is 0 Å². The fourth-order valence-corrected chi connectivity index (χ4v) is 0. The molecule has 2 N–H and O–H groups in total. The van der Waals surface area contributed by atoms with Crippen LogP contribution < -0.4 is 0 Å². The molecule has 0 atom stereocenters. The van der Waals surface area contributed by atoms with E-state index in [1.54, 1.807) is 0 Å². The molecule has 0 fully saturated rings. The van der Waals surface area contributed by atoms with E-state index in [-0.39, 0.29) is 56.6 Å². The van der Waals surface area contributed by atoms with E-state index < -0.39 is 0 Å². The van der Waals surface area contributed by atoms with Gasteiger partial charge in [0.2, 0.25) is 0 Å². The van der Waals surface area contributed by atoms with Crippen molar-refractivity contribution in [2.24, 2.45) is 0 Å². The van der Waals surface area contributed by atoms with Crippen LogP contribution in [0.15, 0.2) is 0 Å². The second-order valence-electron chi connectivity index (χ2n) is 0. The quantitative estimate of drug-likeness (QED) is 0.330. The first-order valence-corrected chi connectivity index (χ1v) is 0. The predicted octanol–water partition coefficient (Wildman–Crippen LogP) is -1.94. The fourth-order valence-electron chi connectivity index (χ4n) is 0. The van der Waals surface area contributed by atoms with Gasteiger partial charge in [-0.05, 0) is 0 Å². The number of hydrogen-bond acceptors (Lipinski definition) is 0. The maximum absolute atomic E-state index is 0. The Morgan fingerprint density at radius 3 is 0.500 bits per heavy atom. The average molecular weight is 120 g/mol. The van der Waals surface area contributed by atoms with Gasteiger partial charge in [-0.1, -0.05) is 0 Å². The van der Waals surface area contributed by atoms with E-state index in [4.69, 9.17) is 0 Å². The zero-order chi connectivity index (χ0) is 0. The van der Waals surface area contributed by atoms with Crippen LogP contribution >= 0.6 is 0 Å². The summed E-state index contributed by atoms with van der Waals surface area (Å²) in [6.07, 6.45) is 0. The first kappa shape index (κ1) is 294. The molecule has 32 valence electrons. The fraction of sp³-hybridized carbons (Fsp3) is 0. The van der Waals surface area contributed by atoms with E-state index in [0.29, 0.717) is 0 Å². The molecule has 0 bridgehead atoms. The molecule has 0 heterocycles. The molecule has 0 saturated heterocycles. The molecule has 6 heavy (non-hydrogen) atoms. The summed E-state index contributed by atoms with van der Waals surface area (Å²) in [6, 6.07) is 0. The molecule has 6 heteroatoms. The van der Waals surface area contributed by atoms with Gasteiger partial charge in [0.15, 0.2) is 0 Å². The summed E-state index contributed by atoms with van der Waals surface area (Å²) in [5.74, 6) is 0. The van der Waals surface area contributed by atoms with Gasteiger partial charge in [-0.3, -0.25) is 0 Å². The van der Waals surface area contributed by atoms with Crippen LogP contribution in [-0.4, -0.2) is 40.2 Å². The van der Waals surface area contributed by atoms with Crippen LogP contribution in [-0.2, 0) is 16.4 Å². The van der Waals surface area contributed by atoms with E-state index in [1.165, 1.54) is 0 Å².